The van der Waals surface area contributed by atoms with Crippen molar-refractivity contribution >= 4 is 35.0 Å². The van der Waals surface area contributed by atoms with E-state index >= 15 is 0 Å². The van der Waals surface area contributed by atoms with Gasteiger partial charge in [0.25, 0.3) is 0 Å². The van der Waals surface area contributed by atoms with E-state index in [1.807, 2.05) is 0 Å². The Bertz CT molecular complexity index is 941. The number of fused-ring (bicyclic) bond motifs is 1. The van der Waals surface area contributed by atoms with Crippen LogP contribution < -0.4 is 9.61 Å². The zero-order chi connectivity index (χ0) is 18.8. The first-order chi connectivity index (χ1) is 12.5. The lowest BCUT2D eigenvalue weighted by molar-refractivity contribution is -0.139. The third kappa shape index (κ3) is 3.15. The van der Waals surface area contributed by atoms with Crippen LogP contribution in [0.5, 0.6) is 5.75 Å². The SMILES string of the molecule is COC(=O)C1=C(C(=O)OC)[C@@H](c2ccc(OC)cc2)c2sc(=O)[nH]c2S1. The second-order valence-electron chi connectivity index (χ2n) is 5.24. The van der Waals surface area contributed by atoms with Crippen LogP contribution in [0.1, 0.15) is 16.4 Å². The van der Waals surface area contributed by atoms with E-state index in [4.69, 9.17) is 14.2 Å². The number of hydrogen-bond acceptors (Lipinski definition) is 8. The minimum atomic E-state index is -0.661. The van der Waals surface area contributed by atoms with Gasteiger partial charge >= 0.3 is 16.8 Å². The Morgan fingerprint density at radius 3 is 2.27 bits per heavy atom. The van der Waals surface area contributed by atoms with E-state index in [1.165, 1.54) is 14.2 Å². The number of H-pyrrole nitrogens is 1. The van der Waals surface area contributed by atoms with Crippen molar-refractivity contribution in [2.45, 2.75) is 10.9 Å². The molecule has 0 unspecified atom stereocenters. The van der Waals surface area contributed by atoms with E-state index in [-0.39, 0.29) is 15.4 Å². The molecule has 1 aliphatic heterocycles. The highest BCUT2D eigenvalue weighted by atomic mass is 32.2. The number of carbonyl (C=O) groups is 2. The molecule has 3 rings (SSSR count). The molecule has 0 spiro atoms. The van der Waals surface area contributed by atoms with Gasteiger partial charge in [-0.25, -0.2) is 9.59 Å². The van der Waals surface area contributed by atoms with Crippen LogP contribution in [0.3, 0.4) is 0 Å². The molecule has 0 radical (unpaired) electrons. The average molecular weight is 393 g/mol. The van der Waals surface area contributed by atoms with Crippen molar-refractivity contribution in [3.05, 3.63) is 54.9 Å². The summed E-state index contributed by atoms with van der Waals surface area (Å²) in [7, 11) is 4.03. The number of thiazole rings is 1. The predicted molar refractivity (Wildman–Crippen MR) is 96.7 cm³/mol. The second kappa shape index (κ2) is 7.38. The lowest BCUT2D eigenvalue weighted by atomic mass is 9.89. The number of ether oxygens (including phenoxy) is 3. The Morgan fingerprint density at radius 2 is 1.69 bits per heavy atom. The molecule has 0 saturated heterocycles. The van der Waals surface area contributed by atoms with Gasteiger partial charge < -0.3 is 19.2 Å². The molecule has 26 heavy (non-hydrogen) atoms. The summed E-state index contributed by atoms with van der Waals surface area (Å²) in [5.41, 5.74) is 0.877. The smallest absolute Gasteiger partial charge is 0.345 e. The normalized spacial score (nSPS) is 16.0. The molecule has 136 valence electrons. The number of nitrogens with one attached hydrogen (secondary N) is 1. The summed E-state index contributed by atoms with van der Waals surface area (Å²) in [5, 5.41) is 0.522. The molecule has 9 heteroatoms. The number of esters is 2. The quantitative estimate of drug-likeness (QED) is 0.796. The van der Waals surface area contributed by atoms with E-state index in [0.29, 0.717) is 15.7 Å². The van der Waals surface area contributed by atoms with E-state index in [9.17, 15) is 14.4 Å². The maximum absolute atomic E-state index is 12.5. The molecule has 2 aromatic rings. The Labute approximate surface area is 157 Å². The van der Waals surface area contributed by atoms with E-state index in [2.05, 4.69) is 4.98 Å². The van der Waals surface area contributed by atoms with Gasteiger partial charge in [-0.15, -0.1) is 0 Å². The summed E-state index contributed by atoms with van der Waals surface area (Å²) in [6.45, 7) is 0. The van der Waals surface area contributed by atoms with Gasteiger partial charge in [0.2, 0.25) is 0 Å². The molecule has 0 saturated carbocycles. The fourth-order valence-corrected chi connectivity index (χ4v) is 4.92. The minimum absolute atomic E-state index is 0.0988. The number of methoxy groups -OCH3 is 3. The third-order valence-electron chi connectivity index (χ3n) is 3.87. The summed E-state index contributed by atoms with van der Waals surface area (Å²) in [6.07, 6.45) is 0. The number of aromatic amines is 1. The van der Waals surface area contributed by atoms with Crippen LogP contribution in [0.25, 0.3) is 0 Å². The first-order valence-electron chi connectivity index (χ1n) is 7.45. The molecule has 7 nitrogen and oxygen atoms in total. The van der Waals surface area contributed by atoms with Gasteiger partial charge in [-0.2, -0.15) is 0 Å². The summed E-state index contributed by atoms with van der Waals surface area (Å²) in [6, 6.07) is 7.06. The molecule has 2 heterocycles. The molecule has 1 N–H and O–H groups in total. The van der Waals surface area contributed by atoms with Gasteiger partial charge in [0.1, 0.15) is 10.7 Å². The van der Waals surface area contributed by atoms with Gasteiger partial charge in [0.15, 0.2) is 0 Å². The van der Waals surface area contributed by atoms with Crippen molar-refractivity contribution in [3.63, 3.8) is 0 Å². The largest absolute Gasteiger partial charge is 0.497 e. The fraction of sp³-hybridized carbons (Fsp3) is 0.235. The number of rotatable bonds is 4. The standard InChI is InChI=1S/C17H15NO6S2/c1-22-9-6-4-8(5-7-9)10-11(15(19)23-2)13(16(20)24-3)25-14-12(10)26-17(21)18-14/h4-7,10H,1-3H3,(H,18,21)/t10-/m1/s1. The van der Waals surface area contributed by atoms with Gasteiger partial charge in [-0.05, 0) is 17.7 Å². The second-order valence-corrected chi connectivity index (χ2v) is 7.28. The summed E-state index contributed by atoms with van der Waals surface area (Å²) in [4.78, 5) is 39.9. The van der Waals surface area contributed by atoms with Gasteiger partial charge in [-0.1, -0.05) is 35.2 Å². The minimum Gasteiger partial charge on any atom is -0.497 e. The number of carbonyl (C=O) groups excluding carboxylic acids is 2. The summed E-state index contributed by atoms with van der Waals surface area (Å²) >= 11 is 2.00. The first kappa shape index (κ1) is 18.3. The molecule has 1 aliphatic rings. The summed E-state index contributed by atoms with van der Waals surface area (Å²) in [5.74, 6) is -1.28. The predicted octanol–water partition coefficient (Wildman–Crippen LogP) is 2.28. The number of benzene rings is 1. The van der Waals surface area contributed by atoms with Crippen LogP contribution in [-0.4, -0.2) is 38.3 Å². The Balaban J connectivity index is 2.25. The van der Waals surface area contributed by atoms with Crippen LogP contribution in [0.4, 0.5) is 0 Å². The van der Waals surface area contributed by atoms with Crippen LogP contribution >= 0.6 is 23.1 Å². The van der Waals surface area contributed by atoms with E-state index in [0.717, 1.165) is 28.7 Å². The highest BCUT2D eigenvalue weighted by Gasteiger charge is 2.39. The van der Waals surface area contributed by atoms with Crippen LogP contribution in [-0.2, 0) is 19.1 Å². The molecule has 0 amide bonds. The fourth-order valence-electron chi connectivity index (χ4n) is 2.69. The molecular weight excluding hydrogens is 378 g/mol. The highest BCUT2D eigenvalue weighted by Crippen LogP contribution is 2.48. The molecule has 1 atom stereocenters. The first-order valence-corrected chi connectivity index (χ1v) is 9.09. The molecule has 0 fully saturated rings. The van der Waals surface area contributed by atoms with Crippen LogP contribution in [0.2, 0.25) is 0 Å². The highest BCUT2D eigenvalue weighted by molar-refractivity contribution is 8.04. The molecular formula is C17H15NO6S2. The van der Waals surface area contributed by atoms with Crippen molar-refractivity contribution in [3.8, 4) is 5.75 Å². The number of thioether (sulfide) groups is 1. The number of hydrogen-bond donors (Lipinski definition) is 1. The van der Waals surface area contributed by atoms with E-state index < -0.39 is 17.9 Å². The van der Waals surface area contributed by atoms with Crippen molar-refractivity contribution in [2.24, 2.45) is 0 Å². The zero-order valence-electron chi connectivity index (χ0n) is 14.2. The van der Waals surface area contributed by atoms with Gasteiger partial charge in [-0.3, -0.25) is 4.79 Å². The Kier molecular flexibility index (Phi) is 5.19. The van der Waals surface area contributed by atoms with Crippen LogP contribution in [0, 0.1) is 0 Å². The zero-order valence-corrected chi connectivity index (χ0v) is 15.8. The molecule has 0 bridgehead atoms. The van der Waals surface area contributed by atoms with Gasteiger partial charge in [0, 0.05) is 0 Å². The third-order valence-corrected chi connectivity index (χ3v) is 6.06. The lowest BCUT2D eigenvalue weighted by Crippen LogP contribution is -2.22. The topological polar surface area (TPSA) is 94.7 Å². The van der Waals surface area contributed by atoms with Crippen LogP contribution in [0.15, 0.2) is 44.6 Å². The van der Waals surface area contributed by atoms with Crippen molar-refractivity contribution in [1.82, 2.24) is 4.98 Å². The average Bonchev–Trinajstić information content (AvgIpc) is 3.05. The maximum Gasteiger partial charge on any atom is 0.345 e. The van der Waals surface area contributed by atoms with Crippen molar-refractivity contribution < 1.29 is 23.8 Å². The van der Waals surface area contributed by atoms with Crippen molar-refractivity contribution in [2.75, 3.05) is 21.3 Å². The monoisotopic (exact) mass is 393 g/mol. The number of aromatic nitrogens is 1. The van der Waals surface area contributed by atoms with Gasteiger partial charge in [0.05, 0.1) is 42.7 Å². The maximum atomic E-state index is 12.5. The van der Waals surface area contributed by atoms with E-state index in [1.54, 1.807) is 31.4 Å². The molecule has 0 aliphatic carbocycles. The lowest BCUT2D eigenvalue weighted by Gasteiger charge is -2.25. The molecule has 1 aromatic heterocycles. The summed E-state index contributed by atoms with van der Waals surface area (Å²) < 4.78 is 14.9. The Morgan fingerprint density at radius 1 is 1.04 bits per heavy atom. The molecule has 1 aromatic carbocycles. The van der Waals surface area contributed by atoms with Crippen molar-refractivity contribution in [1.29, 1.82) is 0 Å². The Hall–Kier alpha value is -2.52.